The zero-order valence-corrected chi connectivity index (χ0v) is 12.4. The van der Waals surface area contributed by atoms with Gasteiger partial charge in [0.15, 0.2) is 0 Å². The number of aliphatic hydroxyl groups is 1. The van der Waals surface area contributed by atoms with Gasteiger partial charge in [-0.15, -0.1) is 0 Å². The smallest absolute Gasteiger partial charge is 0.0570 e. The molecular weight excluding hydrogens is 236 g/mol. The topological polar surface area (TPSA) is 49.5 Å². The first-order valence-electron chi connectivity index (χ1n) is 8.26. The molecule has 2 aliphatic heterocycles. The Morgan fingerprint density at radius 3 is 2.47 bits per heavy atom. The van der Waals surface area contributed by atoms with Crippen molar-refractivity contribution in [1.29, 1.82) is 0 Å². The largest absolute Gasteiger partial charge is 0.393 e. The molecule has 0 aromatic carbocycles. The molecule has 1 aliphatic carbocycles. The molecule has 110 valence electrons. The second-order valence-electron chi connectivity index (χ2n) is 7.59. The Morgan fingerprint density at radius 1 is 1.21 bits per heavy atom. The van der Waals surface area contributed by atoms with Gasteiger partial charge in [0.25, 0.3) is 0 Å². The van der Waals surface area contributed by atoms with Crippen LogP contribution < -0.4 is 5.73 Å². The minimum absolute atomic E-state index is 0.0483. The van der Waals surface area contributed by atoms with E-state index in [0.717, 1.165) is 25.3 Å². The van der Waals surface area contributed by atoms with Gasteiger partial charge in [-0.1, -0.05) is 19.8 Å². The van der Waals surface area contributed by atoms with Crippen LogP contribution in [-0.4, -0.2) is 41.3 Å². The molecule has 3 fully saturated rings. The summed E-state index contributed by atoms with van der Waals surface area (Å²) in [6.45, 7) is 4.42. The van der Waals surface area contributed by atoms with Crippen molar-refractivity contribution in [3.8, 4) is 0 Å². The van der Waals surface area contributed by atoms with Gasteiger partial charge >= 0.3 is 0 Å². The fraction of sp³-hybridized carbons (Fsp3) is 1.00. The lowest BCUT2D eigenvalue weighted by atomic mass is 9.69. The van der Waals surface area contributed by atoms with E-state index in [1.54, 1.807) is 0 Å². The molecule has 2 saturated heterocycles. The molecule has 4 unspecified atom stereocenters. The third kappa shape index (κ3) is 2.70. The normalized spacial score (nSPS) is 47.5. The molecule has 3 heteroatoms. The number of hydrogen-bond donors (Lipinski definition) is 2. The Bertz CT molecular complexity index is 308. The van der Waals surface area contributed by atoms with Crippen molar-refractivity contribution in [1.82, 2.24) is 4.90 Å². The molecule has 0 spiro atoms. The molecule has 0 aromatic heterocycles. The van der Waals surface area contributed by atoms with Gasteiger partial charge in [0.2, 0.25) is 0 Å². The van der Waals surface area contributed by atoms with Crippen LogP contribution in [0.1, 0.15) is 58.3 Å². The maximum Gasteiger partial charge on any atom is 0.0570 e. The van der Waals surface area contributed by atoms with Gasteiger partial charge in [0, 0.05) is 18.6 Å². The van der Waals surface area contributed by atoms with Crippen LogP contribution >= 0.6 is 0 Å². The Kier molecular flexibility index (Phi) is 3.89. The predicted octanol–water partition coefficient (Wildman–Crippen LogP) is 2.13. The third-order valence-corrected chi connectivity index (χ3v) is 6.00. The lowest BCUT2D eigenvalue weighted by Gasteiger charge is -2.47. The highest BCUT2D eigenvalue weighted by Crippen LogP contribution is 2.43. The summed E-state index contributed by atoms with van der Waals surface area (Å²) in [5.41, 5.74) is 6.54. The first-order valence-corrected chi connectivity index (χ1v) is 8.26. The SMILES string of the molecule is CC1CCCC(CN)(CN2C3CCC2CC(O)C3)C1. The highest BCUT2D eigenvalue weighted by Gasteiger charge is 2.44. The van der Waals surface area contributed by atoms with Crippen LogP contribution in [0.3, 0.4) is 0 Å². The number of fused-ring (bicyclic) bond motifs is 2. The molecule has 3 aliphatic rings. The van der Waals surface area contributed by atoms with Crippen LogP contribution in [-0.2, 0) is 0 Å². The van der Waals surface area contributed by atoms with E-state index in [4.69, 9.17) is 5.73 Å². The van der Waals surface area contributed by atoms with E-state index in [2.05, 4.69) is 11.8 Å². The predicted molar refractivity (Wildman–Crippen MR) is 77.9 cm³/mol. The molecule has 0 amide bonds. The molecule has 0 aromatic rings. The van der Waals surface area contributed by atoms with Crippen LogP contribution in [0, 0.1) is 11.3 Å². The lowest BCUT2D eigenvalue weighted by Crippen LogP contribution is -2.52. The minimum atomic E-state index is -0.0483. The van der Waals surface area contributed by atoms with Crippen LogP contribution in [0.2, 0.25) is 0 Å². The summed E-state index contributed by atoms with van der Waals surface area (Å²) in [6, 6.07) is 1.27. The van der Waals surface area contributed by atoms with Crippen molar-refractivity contribution in [2.45, 2.75) is 76.5 Å². The summed E-state index contributed by atoms with van der Waals surface area (Å²) in [4.78, 5) is 2.72. The van der Waals surface area contributed by atoms with Crippen molar-refractivity contribution in [2.75, 3.05) is 13.1 Å². The number of aliphatic hydroxyl groups excluding tert-OH is 1. The quantitative estimate of drug-likeness (QED) is 0.823. The minimum Gasteiger partial charge on any atom is -0.393 e. The van der Waals surface area contributed by atoms with E-state index in [1.807, 2.05) is 0 Å². The van der Waals surface area contributed by atoms with Crippen molar-refractivity contribution >= 4 is 0 Å². The van der Waals surface area contributed by atoms with E-state index in [1.165, 1.54) is 45.1 Å². The standard InChI is InChI=1S/C16H30N2O/c1-12-3-2-6-16(9-12,10-17)11-18-13-4-5-14(18)8-15(19)7-13/h12-15,19H,2-11,17H2,1H3. The van der Waals surface area contributed by atoms with Crippen LogP contribution in [0.4, 0.5) is 0 Å². The summed E-state index contributed by atoms with van der Waals surface area (Å²) < 4.78 is 0. The zero-order chi connectivity index (χ0) is 13.5. The number of nitrogens with two attached hydrogens (primary N) is 1. The first-order chi connectivity index (χ1) is 9.12. The number of hydrogen-bond acceptors (Lipinski definition) is 3. The Hall–Kier alpha value is -0.120. The van der Waals surface area contributed by atoms with Gasteiger partial charge in [0.05, 0.1) is 6.10 Å². The number of rotatable bonds is 3. The molecule has 3 N–H and O–H groups in total. The van der Waals surface area contributed by atoms with E-state index in [0.29, 0.717) is 17.5 Å². The maximum atomic E-state index is 9.93. The van der Waals surface area contributed by atoms with Crippen LogP contribution in [0.5, 0.6) is 0 Å². The number of piperidine rings is 1. The van der Waals surface area contributed by atoms with Crippen molar-refractivity contribution < 1.29 is 5.11 Å². The highest BCUT2D eigenvalue weighted by molar-refractivity contribution is 4.99. The third-order valence-electron chi connectivity index (χ3n) is 6.00. The summed E-state index contributed by atoms with van der Waals surface area (Å²) in [6.07, 6.45) is 9.87. The highest BCUT2D eigenvalue weighted by atomic mass is 16.3. The molecule has 2 heterocycles. The summed E-state index contributed by atoms with van der Waals surface area (Å²) >= 11 is 0. The fourth-order valence-corrected chi connectivity index (χ4v) is 5.05. The van der Waals surface area contributed by atoms with Gasteiger partial charge in [-0.25, -0.2) is 0 Å². The summed E-state index contributed by atoms with van der Waals surface area (Å²) in [5.74, 6) is 0.838. The van der Waals surface area contributed by atoms with Crippen molar-refractivity contribution in [3.63, 3.8) is 0 Å². The average molecular weight is 266 g/mol. The molecule has 4 atom stereocenters. The van der Waals surface area contributed by atoms with Gasteiger partial charge in [-0.05, 0) is 56.4 Å². The second-order valence-corrected chi connectivity index (χ2v) is 7.59. The molecular formula is C16H30N2O. The van der Waals surface area contributed by atoms with Gasteiger partial charge < -0.3 is 10.8 Å². The van der Waals surface area contributed by atoms with E-state index in [-0.39, 0.29) is 6.10 Å². The van der Waals surface area contributed by atoms with Gasteiger partial charge in [0.1, 0.15) is 0 Å². The molecule has 0 radical (unpaired) electrons. The summed E-state index contributed by atoms with van der Waals surface area (Å²) in [5, 5.41) is 9.93. The van der Waals surface area contributed by atoms with E-state index >= 15 is 0 Å². The maximum absolute atomic E-state index is 9.93. The molecule has 2 bridgehead atoms. The molecule has 19 heavy (non-hydrogen) atoms. The Balaban J connectivity index is 1.69. The summed E-state index contributed by atoms with van der Waals surface area (Å²) in [7, 11) is 0. The monoisotopic (exact) mass is 266 g/mol. The van der Waals surface area contributed by atoms with Crippen LogP contribution in [0.15, 0.2) is 0 Å². The Morgan fingerprint density at radius 2 is 1.89 bits per heavy atom. The second kappa shape index (κ2) is 5.34. The van der Waals surface area contributed by atoms with E-state index in [9.17, 15) is 5.11 Å². The first kappa shape index (κ1) is 13.8. The van der Waals surface area contributed by atoms with Crippen molar-refractivity contribution in [2.24, 2.45) is 17.1 Å². The Labute approximate surface area is 117 Å². The van der Waals surface area contributed by atoms with Gasteiger partial charge in [-0.3, -0.25) is 4.90 Å². The number of nitrogens with zero attached hydrogens (tertiary/aromatic N) is 1. The molecule has 3 rings (SSSR count). The zero-order valence-electron chi connectivity index (χ0n) is 12.4. The van der Waals surface area contributed by atoms with E-state index < -0.39 is 0 Å². The van der Waals surface area contributed by atoms with Crippen LogP contribution in [0.25, 0.3) is 0 Å². The average Bonchev–Trinajstić information content (AvgIpc) is 2.61. The van der Waals surface area contributed by atoms with Crippen molar-refractivity contribution in [3.05, 3.63) is 0 Å². The lowest BCUT2D eigenvalue weighted by molar-refractivity contribution is -0.00306. The fourth-order valence-electron chi connectivity index (χ4n) is 5.05. The van der Waals surface area contributed by atoms with Gasteiger partial charge in [-0.2, -0.15) is 0 Å². The molecule has 1 saturated carbocycles. The molecule has 3 nitrogen and oxygen atoms in total.